The van der Waals surface area contributed by atoms with Crippen molar-refractivity contribution in [1.29, 1.82) is 0 Å². The summed E-state index contributed by atoms with van der Waals surface area (Å²) < 4.78 is 0. The third-order valence-corrected chi connectivity index (χ3v) is 3.47. The van der Waals surface area contributed by atoms with E-state index < -0.39 is 0 Å². The van der Waals surface area contributed by atoms with E-state index in [1.165, 1.54) is 17.7 Å². The van der Waals surface area contributed by atoms with E-state index in [0.29, 0.717) is 12.0 Å². The fourth-order valence-corrected chi connectivity index (χ4v) is 2.71. The van der Waals surface area contributed by atoms with E-state index in [4.69, 9.17) is 11.6 Å². The molecule has 0 radical (unpaired) electrons. The molecule has 0 aromatic heterocycles. The second-order valence-electron chi connectivity index (χ2n) is 4.08. The zero-order chi connectivity index (χ0) is 9.54. The Kier molecular flexibility index (Phi) is 1.92. The summed E-state index contributed by atoms with van der Waals surface area (Å²) in [4.78, 5) is 0. The number of piperidine rings is 1. The van der Waals surface area contributed by atoms with E-state index in [-0.39, 0.29) is 0 Å². The van der Waals surface area contributed by atoms with Gasteiger partial charge in [-0.15, -0.1) is 0 Å². The highest BCUT2D eigenvalue weighted by molar-refractivity contribution is 6.30. The Labute approximate surface area is 88.6 Å². The van der Waals surface area contributed by atoms with Crippen LogP contribution in [0.25, 0.3) is 0 Å². The van der Waals surface area contributed by atoms with Crippen molar-refractivity contribution in [2.24, 2.45) is 0 Å². The molecule has 2 aliphatic rings. The number of benzene rings is 1. The van der Waals surface area contributed by atoms with Gasteiger partial charge < -0.3 is 10.6 Å². The van der Waals surface area contributed by atoms with Gasteiger partial charge in [-0.05, 0) is 30.7 Å². The third kappa shape index (κ3) is 1.22. The molecular formula is C11H13ClN2. The normalized spacial score (nSPS) is 29.2. The van der Waals surface area contributed by atoms with Gasteiger partial charge in [0.05, 0.1) is 0 Å². The van der Waals surface area contributed by atoms with E-state index >= 15 is 0 Å². The number of anilines is 1. The largest absolute Gasteiger partial charge is 0.381 e. The molecule has 2 unspecified atom stereocenters. The average Bonchev–Trinajstić information content (AvgIpc) is 2.54. The molecule has 3 heteroatoms. The maximum absolute atomic E-state index is 5.97. The van der Waals surface area contributed by atoms with E-state index in [1.807, 2.05) is 12.1 Å². The Bertz CT molecular complexity index is 364. The molecule has 14 heavy (non-hydrogen) atoms. The lowest BCUT2D eigenvalue weighted by Crippen LogP contribution is -2.38. The lowest BCUT2D eigenvalue weighted by atomic mass is 9.91. The van der Waals surface area contributed by atoms with Crippen LogP contribution in [0.15, 0.2) is 18.2 Å². The average molecular weight is 209 g/mol. The van der Waals surface area contributed by atoms with Crippen molar-refractivity contribution < 1.29 is 0 Å². The molecule has 3 rings (SSSR count). The molecule has 2 heterocycles. The highest BCUT2D eigenvalue weighted by atomic mass is 35.5. The topological polar surface area (TPSA) is 24.1 Å². The van der Waals surface area contributed by atoms with Gasteiger partial charge in [0, 0.05) is 29.2 Å². The zero-order valence-electron chi connectivity index (χ0n) is 7.89. The van der Waals surface area contributed by atoms with Gasteiger partial charge in [0.2, 0.25) is 0 Å². The molecule has 0 amide bonds. The number of rotatable bonds is 0. The summed E-state index contributed by atoms with van der Waals surface area (Å²) in [7, 11) is 0. The fraction of sp³-hybridized carbons (Fsp3) is 0.455. The maximum Gasteiger partial charge on any atom is 0.0426 e. The molecule has 0 aliphatic carbocycles. The van der Waals surface area contributed by atoms with Crippen LogP contribution in [0, 0.1) is 0 Å². The number of hydrogen-bond acceptors (Lipinski definition) is 2. The molecule has 2 N–H and O–H groups in total. The molecule has 2 atom stereocenters. The monoisotopic (exact) mass is 208 g/mol. The Balaban J connectivity index is 2.01. The number of nitrogens with one attached hydrogen (secondary N) is 2. The number of hydrogen-bond donors (Lipinski definition) is 2. The standard InChI is InChI=1S/C11H13ClN2/c12-7-1-2-8-9-6-13-4-3-10(9)14-11(8)5-7/h1-2,5,9-10,13-14H,3-4,6H2. The predicted octanol–water partition coefficient (Wildman–Crippen LogP) is 2.21. The highest BCUT2D eigenvalue weighted by Gasteiger charge is 2.33. The van der Waals surface area contributed by atoms with E-state index in [0.717, 1.165) is 18.1 Å². The molecule has 1 aromatic rings. The first-order chi connectivity index (χ1) is 6.84. The molecule has 74 valence electrons. The van der Waals surface area contributed by atoms with Crippen LogP contribution in [0.1, 0.15) is 17.9 Å². The van der Waals surface area contributed by atoms with Gasteiger partial charge in [0.1, 0.15) is 0 Å². The van der Waals surface area contributed by atoms with E-state index in [9.17, 15) is 0 Å². The van der Waals surface area contributed by atoms with Crippen LogP contribution in [0.4, 0.5) is 5.69 Å². The molecule has 2 nitrogen and oxygen atoms in total. The van der Waals surface area contributed by atoms with Gasteiger partial charge in [0.25, 0.3) is 0 Å². The van der Waals surface area contributed by atoms with Gasteiger partial charge in [-0.1, -0.05) is 17.7 Å². The third-order valence-electron chi connectivity index (χ3n) is 3.24. The second-order valence-corrected chi connectivity index (χ2v) is 4.52. The summed E-state index contributed by atoms with van der Waals surface area (Å²) in [5.74, 6) is 0.635. The van der Waals surface area contributed by atoms with Crippen LogP contribution >= 0.6 is 11.6 Å². The maximum atomic E-state index is 5.97. The minimum atomic E-state index is 0.615. The summed E-state index contributed by atoms with van der Waals surface area (Å²) in [6.45, 7) is 2.21. The summed E-state index contributed by atoms with van der Waals surface area (Å²) in [6.07, 6.45) is 1.21. The summed E-state index contributed by atoms with van der Waals surface area (Å²) in [6, 6.07) is 6.79. The Morgan fingerprint density at radius 2 is 2.29 bits per heavy atom. The van der Waals surface area contributed by atoms with E-state index in [1.54, 1.807) is 0 Å². The van der Waals surface area contributed by atoms with Crippen molar-refractivity contribution in [2.75, 3.05) is 18.4 Å². The van der Waals surface area contributed by atoms with Crippen LogP contribution in [-0.4, -0.2) is 19.1 Å². The first-order valence-electron chi connectivity index (χ1n) is 5.11. The number of halogens is 1. The molecule has 1 saturated heterocycles. The van der Waals surface area contributed by atoms with Gasteiger partial charge in [-0.3, -0.25) is 0 Å². The first-order valence-corrected chi connectivity index (χ1v) is 5.49. The number of fused-ring (bicyclic) bond motifs is 3. The SMILES string of the molecule is Clc1ccc2c(c1)NC1CCNCC21. The molecule has 2 aliphatic heterocycles. The molecule has 0 spiro atoms. The Morgan fingerprint density at radius 3 is 3.21 bits per heavy atom. The quantitative estimate of drug-likeness (QED) is 0.683. The molecular weight excluding hydrogens is 196 g/mol. The summed E-state index contributed by atoms with van der Waals surface area (Å²) in [5.41, 5.74) is 2.66. The highest BCUT2D eigenvalue weighted by Crippen LogP contribution is 2.39. The Morgan fingerprint density at radius 1 is 1.36 bits per heavy atom. The predicted molar refractivity (Wildman–Crippen MR) is 59.1 cm³/mol. The lowest BCUT2D eigenvalue weighted by Gasteiger charge is -2.26. The van der Waals surface area contributed by atoms with Crippen LogP contribution in [0.2, 0.25) is 5.02 Å². The van der Waals surface area contributed by atoms with Crippen LogP contribution in [-0.2, 0) is 0 Å². The fourth-order valence-electron chi connectivity index (χ4n) is 2.53. The lowest BCUT2D eigenvalue weighted by molar-refractivity contribution is 0.440. The van der Waals surface area contributed by atoms with Crippen LogP contribution in [0.5, 0.6) is 0 Å². The zero-order valence-corrected chi connectivity index (χ0v) is 8.64. The van der Waals surface area contributed by atoms with E-state index in [2.05, 4.69) is 16.7 Å². The molecule has 1 aromatic carbocycles. The second kappa shape index (κ2) is 3.14. The Hall–Kier alpha value is -0.730. The molecule has 1 fully saturated rings. The van der Waals surface area contributed by atoms with Gasteiger partial charge in [0.15, 0.2) is 0 Å². The van der Waals surface area contributed by atoms with Gasteiger partial charge >= 0.3 is 0 Å². The summed E-state index contributed by atoms with van der Waals surface area (Å²) >= 11 is 5.97. The van der Waals surface area contributed by atoms with Crippen LogP contribution < -0.4 is 10.6 Å². The molecule has 0 bridgehead atoms. The summed E-state index contributed by atoms with van der Waals surface area (Å²) in [5, 5.41) is 7.81. The van der Waals surface area contributed by atoms with Crippen molar-refractivity contribution in [1.82, 2.24) is 5.32 Å². The van der Waals surface area contributed by atoms with Gasteiger partial charge in [-0.25, -0.2) is 0 Å². The first kappa shape index (κ1) is 8.57. The van der Waals surface area contributed by atoms with Gasteiger partial charge in [-0.2, -0.15) is 0 Å². The minimum absolute atomic E-state index is 0.615. The van der Waals surface area contributed by atoms with Crippen molar-refractivity contribution in [2.45, 2.75) is 18.4 Å². The minimum Gasteiger partial charge on any atom is -0.381 e. The van der Waals surface area contributed by atoms with Crippen molar-refractivity contribution in [3.05, 3.63) is 28.8 Å². The van der Waals surface area contributed by atoms with Crippen molar-refractivity contribution >= 4 is 17.3 Å². The molecule has 0 saturated carbocycles. The smallest absolute Gasteiger partial charge is 0.0426 e. The van der Waals surface area contributed by atoms with Crippen molar-refractivity contribution in [3.8, 4) is 0 Å². The van der Waals surface area contributed by atoms with Crippen LogP contribution in [0.3, 0.4) is 0 Å². The van der Waals surface area contributed by atoms with Crippen molar-refractivity contribution in [3.63, 3.8) is 0 Å².